The van der Waals surface area contributed by atoms with E-state index in [2.05, 4.69) is 15.9 Å². The SMILES string of the molecule is CC1(COC(=O)c2ccccc2)COC(CBr)(c2ccc(Cl)cc2Cl)OC1. The van der Waals surface area contributed by atoms with Gasteiger partial charge in [0.25, 0.3) is 0 Å². The molecule has 144 valence electrons. The van der Waals surface area contributed by atoms with E-state index in [0.717, 1.165) is 0 Å². The second-order valence-electron chi connectivity index (χ2n) is 6.84. The van der Waals surface area contributed by atoms with Gasteiger partial charge in [-0.05, 0) is 24.3 Å². The van der Waals surface area contributed by atoms with Gasteiger partial charge in [0.05, 0.1) is 29.1 Å². The lowest BCUT2D eigenvalue weighted by Crippen LogP contribution is -2.50. The van der Waals surface area contributed by atoms with E-state index in [9.17, 15) is 4.79 Å². The lowest BCUT2D eigenvalue weighted by molar-refractivity contribution is -0.301. The van der Waals surface area contributed by atoms with Gasteiger partial charge in [0.1, 0.15) is 6.61 Å². The van der Waals surface area contributed by atoms with Crippen LogP contribution >= 0.6 is 39.1 Å². The first kappa shape index (κ1) is 20.6. The van der Waals surface area contributed by atoms with Gasteiger partial charge < -0.3 is 14.2 Å². The number of carbonyl (C=O) groups excluding carboxylic acids is 1. The van der Waals surface area contributed by atoms with Crippen molar-refractivity contribution in [3.63, 3.8) is 0 Å². The number of esters is 1. The van der Waals surface area contributed by atoms with Crippen LogP contribution < -0.4 is 0 Å². The Morgan fingerprint density at radius 3 is 2.41 bits per heavy atom. The highest BCUT2D eigenvalue weighted by atomic mass is 79.9. The summed E-state index contributed by atoms with van der Waals surface area (Å²) in [5.74, 6) is -1.38. The van der Waals surface area contributed by atoms with Crippen molar-refractivity contribution in [2.24, 2.45) is 5.41 Å². The maximum absolute atomic E-state index is 12.2. The monoisotopic (exact) mass is 472 g/mol. The quantitative estimate of drug-likeness (QED) is 0.427. The van der Waals surface area contributed by atoms with Gasteiger partial charge in [0, 0.05) is 16.0 Å². The van der Waals surface area contributed by atoms with E-state index in [-0.39, 0.29) is 12.6 Å². The Balaban J connectivity index is 1.66. The van der Waals surface area contributed by atoms with E-state index in [4.69, 9.17) is 37.4 Å². The minimum Gasteiger partial charge on any atom is -0.461 e. The van der Waals surface area contributed by atoms with Crippen LogP contribution in [0, 0.1) is 5.41 Å². The number of carbonyl (C=O) groups is 1. The molecule has 0 saturated carbocycles. The van der Waals surface area contributed by atoms with Gasteiger partial charge in [-0.1, -0.05) is 70.3 Å². The molecule has 0 aliphatic carbocycles. The molecule has 0 bridgehead atoms. The zero-order chi connectivity index (χ0) is 19.5. The Bertz CT molecular complexity index is 805. The molecule has 4 nitrogen and oxygen atoms in total. The third kappa shape index (κ3) is 4.66. The molecular formula is C20H19BrCl2O4. The Hall–Kier alpha value is -1.11. The van der Waals surface area contributed by atoms with Gasteiger partial charge in [-0.3, -0.25) is 0 Å². The Kier molecular flexibility index (Phi) is 6.49. The molecule has 7 heteroatoms. The average Bonchev–Trinajstić information content (AvgIpc) is 2.68. The summed E-state index contributed by atoms with van der Waals surface area (Å²) in [5, 5.41) is 1.42. The Morgan fingerprint density at radius 2 is 1.81 bits per heavy atom. The number of ether oxygens (including phenoxy) is 3. The van der Waals surface area contributed by atoms with Gasteiger partial charge >= 0.3 is 5.97 Å². The van der Waals surface area contributed by atoms with Crippen molar-refractivity contribution >= 4 is 45.1 Å². The fourth-order valence-corrected chi connectivity index (χ4v) is 3.93. The van der Waals surface area contributed by atoms with E-state index in [1.165, 1.54) is 0 Å². The van der Waals surface area contributed by atoms with Crippen LogP contribution in [0.5, 0.6) is 0 Å². The molecule has 2 aromatic rings. The number of hydrogen-bond acceptors (Lipinski definition) is 4. The summed E-state index contributed by atoms with van der Waals surface area (Å²) < 4.78 is 17.6. The predicted octanol–water partition coefficient (Wildman–Crippen LogP) is 5.45. The molecular weight excluding hydrogens is 455 g/mol. The molecule has 0 amide bonds. The third-order valence-corrected chi connectivity index (χ3v) is 5.67. The van der Waals surface area contributed by atoms with Crippen molar-refractivity contribution in [1.82, 2.24) is 0 Å². The summed E-state index contributed by atoms with van der Waals surface area (Å²) in [6.07, 6.45) is 0. The fourth-order valence-electron chi connectivity index (χ4n) is 2.75. The van der Waals surface area contributed by atoms with Gasteiger partial charge in [0.2, 0.25) is 5.79 Å². The zero-order valence-electron chi connectivity index (χ0n) is 14.7. The van der Waals surface area contributed by atoms with Crippen LogP contribution in [0.4, 0.5) is 0 Å². The predicted molar refractivity (Wildman–Crippen MR) is 109 cm³/mol. The second kappa shape index (κ2) is 8.50. The molecule has 1 aliphatic heterocycles. The highest BCUT2D eigenvalue weighted by Gasteiger charge is 2.45. The van der Waals surface area contributed by atoms with Gasteiger partial charge in [-0.15, -0.1) is 0 Å². The standard InChI is InChI=1S/C20H19BrCl2O4/c1-19(11-25-18(24)14-5-3-2-4-6-14)12-26-20(10-21,27-13-19)16-8-7-15(22)9-17(16)23/h2-9H,10-13H2,1H3. The molecule has 0 spiro atoms. The van der Waals surface area contributed by atoms with E-state index in [1.54, 1.807) is 42.5 Å². The van der Waals surface area contributed by atoms with Crippen LogP contribution in [-0.2, 0) is 20.0 Å². The lowest BCUT2D eigenvalue weighted by atomic mass is 9.92. The van der Waals surface area contributed by atoms with Gasteiger partial charge in [-0.25, -0.2) is 4.79 Å². The molecule has 0 radical (unpaired) electrons. The maximum atomic E-state index is 12.2. The fraction of sp³-hybridized carbons (Fsp3) is 0.350. The van der Waals surface area contributed by atoms with E-state index >= 15 is 0 Å². The topological polar surface area (TPSA) is 44.8 Å². The first-order valence-corrected chi connectivity index (χ1v) is 10.3. The van der Waals surface area contributed by atoms with Crippen molar-refractivity contribution in [1.29, 1.82) is 0 Å². The number of alkyl halides is 1. The highest BCUT2D eigenvalue weighted by Crippen LogP contribution is 2.41. The van der Waals surface area contributed by atoms with E-state index < -0.39 is 11.2 Å². The minimum atomic E-state index is -1.01. The van der Waals surface area contributed by atoms with Crippen molar-refractivity contribution in [3.05, 3.63) is 69.7 Å². The van der Waals surface area contributed by atoms with E-state index in [1.807, 2.05) is 13.0 Å². The second-order valence-corrected chi connectivity index (χ2v) is 8.25. The molecule has 2 aromatic carbocycles. The minimum absolute atomic E-state index is 0.188. The first-order valence-electron chi connectivity index (χ1n) is 8.39. The normalized spacial score (nSPS) is 25.2. The maximum Gasteiger partial charge on any atom is 0.338 e. The van der Waals surface area contributed by atoms with Crippen molar-refractivity contribution in [2.45, 2.75) is 12.7 Å². The van der Waals surface area contributed by atoms with Crippen molar-refractivity contribution in [3.8, 4) is 0 Å². The van der Waals surface area contributed by atoms with Crippen LogP contribution in [0.3, 0.4) is 0 Å². The Morgan fingerprint density at radius 1 is 1.15 bits per heavy atom. The van der Waals surface area contributed by atoms with Crippen LogP contribution in [0.1, 0.15) is 22.8 Å². The molecule has 1 aliphatic rings. The molecule has 0 N–H and O–H groups in total. The summed E-state index contributed by atoms with van der Waals surface area (Å²) in [4.78, 5) is 12.2. The van der Waals surface area contributed by atoms with Crippen LogP contribution in [0.2, 0.25) is 10.0 Å². The zero-order valence-corrected chi connectivity index (χ0v) is 17.8. The molecule has 3 rings (SSSR count). The largest absolute Gasteiger partial charge is 0.461 e. The summed E-state index contributed by atoms with van der Waals surface area (Å²) in [7, 11) is 0. The van der Waals surface area contributed by atoms with Gasteiger partial charge in [-0.2, -0.15) is 0 Å². The lowest BCUT2D eigenvalue weighted by Gasteiger charge is -2.44. The molecule has 0 atom stereocenters. The number of rotatable bonds is 5. The molecule has 0 unspecified atom stereocenters. The van der Waals surface area contributed by atoms with Crippen LogP contribution in [0.25, 0.3) is 0 Å². The van der Waals surface area contributed by atoms with E-state index in [0.29, 0.717) is 39.7 Å². The van der Waals surface area contributed by atoms with Crippen LogP contribution in [-0.4, -0.2) is 31.1 Å². The van der Waals surface area contributed by atoms with Crippen molar-refractivity contribution in [2.75, 3.05) is 25.2 Å². The number of halogens is 3. The molecule has 1 heterocycles. The summed E-state index contributed by atoms with van der Waals surface area (Å²) in [6.45, 7) is 2.83. The third-order valence-electron chi connectivity index (χ3n) is 4.39. The molecule has 0 aromatic heterocycles. The summed E-state index contributed by atoms with van der Waals surface area (Å²) in [5.41, 5.74) is 0.755. The first-order chi connectivity index (χ1) is 12.9. The number of hydrogen-bond donors (Lipinski definition) is 0. The molecule has 27 heavy (non-hydrogen) atoms. The Labute approximate surface area is 176 Å². The van der Waals surface area contributed by atoms with Crippen molar-refractivity contribution < 1.29 is 19.0 Å². The number of benzene rings is 2. The summed E-state index contributed by atoms with van der Waals surface area (Å²) in [6, 6.07) is 14.1. The average molecular weight is 474 g/mol. The molecule has 1 fully saturated rings. The smallest absolute Gasteiger partial charge is 0.338 e. The summed E-state index contributed by atoms with van der Waals surface area (Å²) >= 11 is 15.8. The van der Waals surface area contributed by atoms with Crippen LogP contribution in [0.15, 0.2) is 48.5 Å². The highest BCUT2D eigenvalue weighted by molar-refractivity contribution is 9.09. The van der Waals surface area contributed by atoms with Gasteiger partial charge in [0.15, 0.2) is 0 Å². The molecule has 1 saturated heterocycles.